The third-order valence-corrected chi connectivity index (χ3v) is 4.02. The standard InChI is InChI=1S/C8H7ClN2OS2/c1-12-5-2-6(13-4-5)8-11-10-7(3-9)14-8/h2,4H,3H2,1H3. The van der Waals surface area contributed by atoms with Crippen molar-refractivity contribution in [2.24, 2.45) is 0 Å². The molecule has 0 aliphatic carbocycles. The van der Waals surface area contributed by atoms with Crippen LogP contribution in [0.25, 0.3) is 9.88 Å². The summed E-state index contributed by atoms with van der Waals surface area (Å²) in [5.74, 6) is 1.27. The second-order valence-electron chi connectivity index (χ2n) is 2.49. The molecule has 0 saturated heterocycles. The SMILES string of the molecule is COc1csc(-c2nnc(CCl)s2)c1. The van der Waals surface area contributed by atoms with E-state index in [0.717, 1.165) is 20.6 Å². The van der Waals surface area contributed by atoms with Gasteiger partial charge < -0.3 is 4.74 Å². The molecular formula is C8H7ClN2OS2. The van der Waals surface area contributed by atoms with Gasteiger partial charge in [-0.05, 0) is 0 Å². The molecule has 3 nitrogen and oxygen atoms in total. The van der Waals surface area contributed by atoms with Crippen molar-refractivity contribution in [3.05, 3.63) is 16.5 Å². The number of hydrogen-bond donors (Lipinski definition) is 0. The van der Waals surface area contributed by atoms with E-state index in [1.54, 1.807) is 18.4 Å². The molecule has 0 aromatic carbocycles. The lowest BCUT2D eigenvalue weighted by Crippen LogP contribution is -1.76. The van der Waals surface area contributed by atoms with Gasteiger partial charge in [0.2, 0.25) is 0 Å². The highest BCUT2D eigenvalue weighted by atomic mass is 35.5. The number of aromatic nitrogens is 2. The Labute approximate surface area is 94.3 Å². The normalized spacial score (nSPS) is 10.4. The zero-order valence-electron chi connectivity index (χ0n) is 7.36. The fourth-order valence-corrected chi connectivity index (χ4v) is 2.77. The highest BCUT2D eigenvalue weighted by Crippen LogP contribution is 2.32. The van der Waals surface area contributed by atoms with E-state index in [1.165, 1.54) is 11.3 Å². The Bertz CT molecular complexity index is 386. The van der Waals surface area contributed by atoms with Gasteiger partial charge in [0.1, 0.15) is 10.8 Å². The van der Waals surface area contributed by atoms with Gasteiger partial charge in [-0.1, -0.05) is 11.3 Å². The number of hydrogen-bond acceptors (Lipinski definition) is 5. The average molecular weight is 247 g/mol. The minimum Gasteiger partial charge on any atom is -0.496 e. The third-order valence-electron chi connectivity index (χ3n) is 1.60. The molecule has 6 heteroatoms. The van der Waals surface area contributed by atoms with Gasteiger partial charge in [-0.25, -0.2) is 0 Å². The fourth-order valence-electron chi connectivity index (χ4n) is 0.945. The van der Waals surface area contributed by atoms with Crippen molar-refractivity contribution in [3.8, 4) is 15.6 Å². The van der Waals surface area contributed by atoms with Gasteiger partial charge in [0.05, 0.1) is 17.9 Å². The maximum atomic E-state index is 5.65. The van der Waals surface area contributed by atoms with Crippen molar-refractivity contribution in [3.63, 3.8) is 0 Å². The summed E-state index contributed by atoms with van der Waals surface area (Å²) in [6.07, 6.45) is 0. The summed E-state index contributed by atoms with van der Waals surface area (Å²) < 4.78 is 5.09. The highest BCUT2D eigenvalue weighted by Gasteiger charge is 2.08. The summed E-state index contributed by atoms with van der Waals surface area (Å²) in [4.78, 5) is 1.07. The summed E-state index contributed by atoms with van der Waals surface area (Å²) in [5, 5.41) is 11.7. The van der Waals surface area contributed by atoms with E-state index >= 15 is 0 Å². The molecule has 2 aromatic rings. The Morgan fingerprint density at radius 2 is 2.36 bits per heavy atom. The number of thiophene rings is 1. The van der Waals surface area contributed by atoms with Gasteiger partial charge in [0.25, 0.3) is 0 Å². The fraction of sp³-hybridized carbons (Fsp3) is 0.250. The van der Waals surface area contributed by atoms with Gasteiger partial charge in [-0.3, -0.25) is 0 Å². The van der Waals surface area contributed by atoms with E-state index in [4.69, 9.17) is 16.3 Å². The largest absolute Gasteiger partial charge is 0.496 e. The minimum absolute atomic E-state index is 0.417. The van der Waals surface area contributed by atoms with E-state index < -0.39 is 0 Å². The van der Waals surface area contributed by atoms with Crippen molar-refractivity contribution in [2.45, 2.75) is 5.88 Å². The van der Waals surface area contributed by atoms with Crippen LogP contribution in [-0.4, -0.2) is 17.3 Å². The molecule has 0 N–H and O–H groups in total. The molecule has 0 atom stereocenters. The van der Waals surface area contributed by atoms with Crippen molar-refractivity contribution < 1.29 is 4.74 Å². The summed E-state index contributed by atoms with van der Waals surface area (Å²) in [6, 6.07) is 1.95. The maximum absolute atomic E-state index is 5.65. The molecule has 14 heavy (non-hydrogen) atoms. The topological polar surface area (TPSA) is 35.0 Å². The zero-order chi connectivity index (χ0) is 9.97. The van der Waals surface area contributed by atoms with E-state index in [9.17, 15) is 0 Å². The smallest absolute Gasteiger partial charge is 0.157 e. The first-order chi connectivity index (χ1) is 6.83. The van der Waals surface area contributed by atoms with Crippen LogP contribution in [0.5, 0.6) is 5.75 Å². The molecule has 0 saturated carbocycles. The number of nitrogens with zero attached hydrogens (tertiary/aromatic N) is 2. The van der Waals surface area contributed by atoms with Crippen molar-refractivity contribution in [2.75, 3.05) is 7.11 Å². The van der Waals surface area contributed by atoms with E-state index in [1.807, 2.05) is 11.4 Å². The Balaban J connectivity index is 2.29. The number of alkyl halides is 1. The van der Waals surface area contributed by atoms with Gasteiger partial charge >= 0.3 is 0 Å². The lowest BCUT2D eigenvalue weighted by molar-refractivity contribution is 0.417. The molecule has 0 amide bonds. The van der Waals surface area contributed by atoms with Crippen LogP contribution in [-0.2, 0) is 5.88 Å². The predicted molar refractivity (Wildman–Crippen MR) is 59.3 cm³/mol. The van der Waals surface area contributed by atoms with E-state index in [-0.39, 0.29) is 0 Å². The Morgan fingerprint density at radius 3 is 2.93 bits per heavy atom. The van der Waals surface area contributed by atoms with Gasteiger partial charge in [-0.2, -0.15) is 0 Å². The number of ether oxygens (including phenoxy) is 1. The highest BCUT2D eigenvalue weighted by molar-refractivity contribution is 7.21. The average Bonchev–Trinajstić information content (AvgIpc) is 2.86. The van der Waals surface area contributed by atoms with Crippen LogP contribution in [0.4, 0.5) is 0 Å². The van der Waals surface area contributed by atoms with Crippen LogP contribution in [0.1, 0.15) is 5.01 Å². The van der Waals surface area contributed by atoms with Crippen LogP contribution in [0.15, 0.2) is 11.4 Å². The molecule has 0 bridgehead atoms. The van der Waals surface area contributed by atoms with Crippen LogP contribution < -0.4 is 4.74 Å². The number of methoxy groups -OCH3 is 1. The first-order valence-corrected chi connectivity index (χ1v) is 6.08. The first-order valence-electron chi connectivity index (χ1n) is 3.84. The molecule has 74 valence electrons. The van der Waals surface area contributed by atoms with Crippen molar-refractivity contribution >= 4 is 34.3 Å². The summed E-state index contributed by atoms with van der Waals surface area (Å²) >= 11 is 8.75. The number of halogens is 1. The molecule has 0 aliphatic heterocycles. The molecular weight excluding hydrogens is 240 g/mol. The molecule has 2 aromatic heterocycles. The second-order valence-corrected chi connectivity index (χ2v) is 4.73. The lowest BCUT2D eigenvalue weighted by Gasteiger charge is -1.88. The lowest BCUT2D eigenvalue weighted by atomic mass is 10.5. The Hall–Kier alpha value is -0.650. The van der Waals surface area contributed by atoms with Gasteiger partial charge in [0, 0.05) is 11.4 Å². The first kappa shape index (κ1) is 9.89. The molecule has 0 fully saturated rings. The Kier molecular flexibility index (Phi) is 3.00. The van der Waals surface area contributed by atoms with E-state index in [2.05, 4.69) is 10.2 Å². The summed E-state index contributed by atoms with van der Waals surface area (Å²) in [5.41, 5.74) is 0. The number of rotatable bonds is 3. The van der Waals surface area contributed by atoms with Crippen molar-refractivity contribution in [1.29, 1.82) is 0 Å². The van der Waals surface area contributed by atoms with Crippen molar-refractivity contribution in [1.82, 2.24) is 10.2 Å². The summed E-state index contributed by atoms with van der Waals surface area (Å²) in [6.45, 7) is 0. The van der Waals surface area contributed by atoms with E-state index in [0.29, 0.717) is 5.88 Å². The quantitative estimate of drug-likeness (QED) is 0.781. The molecule has 0 spiro atoms. The zero-order valence-corrected chi connectivity index (χ0v) is 9.75. The minimum atomic E-state index is 0.417. The third kappa shape index (κ3) is 1.89. The Morgan fingerprint density at radius 1 is 1.50 bits per heavy atom. The van der Waals surface area contributed by atoms with Gasteiger partial charge in [-0.15, -0.1) is 33.1 Å². The summed E-state index contributed by atoms with van der Waals surface area (Å²) in [7, 11) is 1.65. The predicted octanol–water partition coefficient (Wildman–Crippen LogP) is 3.01. The molecule has 0 radical (unpaired) electrons. The van der Waals surface area contributed by atoms with Crippen LogP contribution in [0.3, 0.4) is 0 Å². The monoisotopic (exact) mass is 246 g/mol. The maximum Gasteiger partial charge on any atom is 0.157 e. The van der Waals surface area contributed by atoms with Crippen LogP contribution in [0, 0.1) is 0 Å². The van der Waals surface area contributed by atoms with Crippen LogP contribution >= 0.6 is 34.3 Å². The second kappa shape index (κ2) is 4.25. The van der Waals surface area contributed by atoms with Crippen LogP contribution in [0.2, 0.25) is 0 Å². The molecule has 0 aliphatic rings. The molecule has 2 heterocycles. The molecule has 2 rings (SSSR count). The van der Waals surface area contributed by atoms with Gasteiger partial charge in [0.15, 0.2) is 5.01 Å². The molecule has 0 unspecified atom stereocenters.